The number of fused-ring (bicyclic) bond motifs is 1. The van der Waals surface area contributed by atoms with Gasteiger partial charge in [-0.05, 0) is 42.0 Å². The molecule has 0 atom stereocenters. The van der Waals surface area contributed by atoms with Crippen LogP contribution in [0.15, 0.2) is 36.5 Å². The highest BCUT2D eigenvalue weighted by Gasteiger charge is 2.29. The van der Waals surface area contributed by atoms with E-state index < -0.39 is 11.6 Å². The number of aromatic nitrogens is 1. The number of hydrogen-bond acceptors (Lipinski definition) is 3. The van der Waals surface area contributed by atoms with E-state index in [4.69, 9.17) is 10.5 Å². The van der Waals surface area contributed by atoms with Crippen LogP contribution < -0.4 is 5.73 Å². The lowest BCUT2D eigenvalue weighted by Crippen LogP contribution is -2.38. The van der Waals surface area contributed by atoms with Crippen molar-refractivity contribution >= 4 is 29.2 Å². The Balaban J connectivity index is 0.00000306. The zero-order valence-corrected chi connectivity index (χ0v) is 19.1. The normalized spacial score (nSPS) is 14.5. The molecule has 3 aromatic rings. The maximum Gasteiger partial charge on any atom is 0.256 e. The average molecular weight is 482 g/mol. The highest BCUT2D eigenvalue weighted by molar-refractivity contribution is 6.07. The molecule has 1 aromatic heterocycles. The van der Waals surface area contributed by atoms with E-state index in [0.717, 1.165) is 11.6 Å². The van der Waals surface area contributed by atoms with Crippen LogP contribution in [0.3, 0.4) is 0 Å². The van der Waals surface area contributed by atoms with Crippen molar-refractivity contribution in [2.75, 3.05) is 26.8 Å². The van der Waals surface area contributed by atoms with Gasteiger partial charge in [0.25, 0.3) is 5.91 Å². The van der Waals surface area contributed by atoms with Crippen LogP contribution >= 0.6 is 12.4 Å². The minimum atomic E-state index is -0.768. The number of piperidine rings is 1. The fraction of sp³-hybridized carbons (Fsp3) is 0.375. The predicted molar refractivity (Wildman–Crippen MR) is 123 cm³/mol. The van der Waals surface area contributed by atoms with Gasteiger partial charge in [0, 0.05) is 50.9 Å². The topological polar surface area (TPSA) is 60.5 Å². The molecule has 0 saturated carbocycles. The van der Waals surface area contributed by atoms with Crippen LogP contribution in [-0.4, -0.2) is 42.2 Å². The van der Waals surface area contributed by atoms with Gasteiger partial charge < -0.3 is 19.9 Å². The number of methoxy groups -OCH3 is 1. The van der Waals surface area contributed by atoms with Crippen LogP contribution in [0.4, 0.5) is 13.2 Å². The first-order valence-electron chi connectivity index (χ1n) is 10.7. The van der Waals surface area contributed by atoms with Gasteiger partial charge >= 0.3 is 0 Å². The number of carbonyl (C=O) groups is 1. The van der Waals surface area contributed by atoms with Crippen molar-refractivity contribution in [2.24, 2.45) is 5.73 Å². The molecule has 1 aliphatic heterocycles. The molecule has 0 unspecified atom stereocenters. The third-order valence-corrected chi connectivity index (χ3v) is 6.18. The summed E-state index contributed by atoms with van der Waals surface area (Å²) in [7, 11) is 1.54. The van der Waals surface area contributed by atoms with Crippen molar-refractivity contribution < 1.29 is 22.7 Å². The predicted octanol–water partition coefficient (Wildman–Crippen LogP) is 4.61. The van der Waals surface area contributed by atoms with Crippen LogP contribution in [-0.2, 0) is 17.8 Å². The third kappa shape index (κ3) is 5.03. The summed E-state index contributed by atoms with van der Waals surface area (Å²) in [4.78, 5) is 14.9. The number of likely N-dealkylation sites (tertiary alicyclic amines) is 1. The SMILES string of the molecule is COCCn1cc(C(=O)N2CCC(c3cc(CN)ccc3F)CC2)c2c(F)cc(F)cc21.Cl. The zero-order chi connectivity index (χ0) is 22.8. The van der Waals surface area contributed by atoms with Gasteiger partial charge in [-0.25, -0.2) is 13.2 Å². The van der Waals surface area contributed by atoms with Crippen LogP contribution in [0.5, 0.6) is 0 Å². The lowest BCUT2D eigenvalue weighted by Gasteiger charge is -2.32. The summed E-state index contributed by atoms with van der Waals surface area (Å²) in [5.74, 6) is -2.06. The Bertz CT molecular complexity index is 1140. The van der Waals surface area contributed by atoms with E-state index in [0.29, 0.717) is 56.7 Å². The van der Waals surface area contributed by atoms with E-state index in [9.17, 15) is 18.0 Å². The number of hydrogen-bond donors (Lipinski definition) is 1. The molecule has 9 heteroatoms. The second kappa shape index (κ2) is 10.6. The Morgan fingerprint density at radius 2 is 1.85 bits per heavy atom. The molecule has 0 radical (unpaired) electrons. The number of rotatable bonds is 6. The van der Waals surface area contributed by atoms with E-state index >= 15 is 0 Å². The molecule has 2 heterocycles. The largest absolute Gasteiger partial charge is 0.383 e. The third-order valence-electron chi connectivity index (χ3n) is 6.18. The van der Waals surface area contributed by atoms with Gasteiger partial charge in [0.15, 0.2) is 0 Å². The van der Waals surface area contributed by atoms with E-state index in [1.54, 1.807) is 27.8 Å². The number of nitrogens with zero attached hydrogens (tertiary/aromatic N) is 2. The minimum absolute atomic E-state index is 0. The van der Waals surface area contributed by atoms with Gasteiger partial charge in [0.05, 0.1) is 17.7 Å². The lowest BCUT2D eigenvalue weighted by atomic mass is 9.88. The first kappa shape index (κ1) is 25.1. The number of benzene rings is 2. The quantitative estimate of drug-likeness (QED) is 0.559. The molecule has 1 fully saturated rings. The van der Waals surface area contributed by atoms with Crippen LogP contribution in [0.25, 0.3) is 10.9 Å². The summed E-state index contributed by atoms with van der Waals surface area (Å²) in [5, 5.41) is 0.108. The molecule has 2 aromatic carbocycles. The average Bonchev–Trinajstić information content (AvgIpc) is 3.16. The highest BCUT2D eigenvalue weighted by atomic mass is 35.5. The molecule has 5 nitrogen and oxygen atoms in total. The second-order valence-corrected chi connectivity index (χ2v) is 8.14. The molecular weight excluding hydrogens is 455 g/mol. The van der Waals surface area contributed by atoms with Crippen molar-refractivity contribution in [2.45, 2.75) is 31.8 Å². The molecule has 1 amide bonds. The summed E-state index contributed by atoms with van der Waals surface area (Å²) >= 11 is 0. The lowest BCUT2D eigenvalue weighted by molar-refractivity contribution is 0.0713. The van der Waals surface area contributed by atoms with Gasteiger partial charge in [-0.15, -0.1) is 12.4 Å². The first-order chi connectivity index (χ1) is 15.4. The Hall–Kier alpha value is -2.55. The van der Waals surface area contributed by atoms with Gasteiger partial charge in [-0.1, -0.05) is 12.1 Å². The monoisotopic (exact) mass is 481 g/mol. The fourth-order valence-electron chi connectivity index (χ4n) is 4.48. The summed E-state index contributed by atoms with van der Waals surface area (Å²) in [5.41, 5.74) is 7.69. The van der Waals surface area contributed by atoms with Crippen molar-refractivity contribution in [1.29, 1.82) is 0 Å². The molecular formula is C24H27ClF3N3O2. The summed E-state index contributed by atoms with van der Waals surface area (Å²) < 4.78 is 49.6. The molecule has 1 aliphatic rings. The Kier molecular flexibility index (Phi) is 8.05. The molecule has 33 heavy (non-hydrogen) atoms. The van der Waals surface area contributed by atoms with Gasteiger partial charge in [0.2, 0.25) is 0 Å². The highest BCUT2D eigenvalue weighted by Crippen LogP contribution is 2.33. The smallest absolute Gasteiger partial charge is 0.256 e. The second-order valence-electron chi connectivity index (χ2n) is 8.14. The molecule has 1 saturated heterocycles. The van der Waals surface area contributed by atoms with E-state index in [-0.39, 0.29) is 41.0 Å². The Morgan fingerprint density at radius 1 is 1.12 bits per heavy atom. The van der Waals surface area contributed by atoms with Crippen molar-refractivity contribution in [3.63, 3.8) is 0 Å². The molecule has 0 aliphatic carbocycles. The van der Waals surface area contributed by atoms with Crippen molar-refractivity contribution in [3.05, 3.63) is 70.7 Å². The zero-order valence-electron chi connectivity index (χ0n) is 18.3. The Morgan fingerprint density at radius 3 is 2.52 bits per heavy atom. The van der Waals surface area contributed by atoms with Gasteiger partial charge in [-0.3, -0.25) is 4.79 Å². The number of ether oxygens (including phenoxy) is 1. The van der Waals surface area contributed by atoms with Gasteiger partial charge in [0.1, 0.15) is 17.5 Å². The first-order valence-corrected chi connectivity index (χ1v) is 10.7. The maximum atomic E-state index is 14.7. The van der Waals surface area contributed by atoms with Crippen LogP contribution in [0, 0.1) is 17.5 Å². The number of nitrogens with two attached hydrogens (primary N) is 1. The van der Waals surface area contributed by atoms with Crippen molar-refractivity contribution in [3.8, 4) is 0 Å². The molecule has 178 valence electrons. The summed E-state index contributed by atoms with van der Waals surface area (Å²) in [6.07, 6.45) is 2.75. The minimum Gasteiger partial charge on any atom is -0.383 e. The standard InChI is InChI=1S/C24H26F3N3O2.ClH/c1-32-9-8-30-14-19(23-21(27)11-17(25)12-22(23)30)24(31)29-6-4-16(5-7-29)18-10-15(13-28)2-3-20(18)26;/h2-3,10-12,14,16H,4-9,13,28H2,1H3;1H. The Labute approximate surface area is 196 Å². The molecule has 4 rings (SSSR count). The van der Waals surface area contributed by atoms with E-state index in [2.05, 4.69) is 0 Å². The number of amides is 1. The van der Waals surface area contributed by atoms with E-state index in [1.807, 2.05) is 0 Å². The number of carbonyl (C=O) groups excluding carboxylic acids is 1. The molecule has 0 bridgehead atoms. The summed E-state index contributed by atoms with van der Waals surface area (Å²) in [6.45, 7) is 1.88. The van der Waals surface area contributed by atoms with Crippen LogP contribution in [0.2, 0.25) is 0 Å². The fourth-order valence-corrected chi connectivity index (χ4v) is 4.48. The molecule has 2 N–H and O–H groups in total. The van der Waals surface area contributed by atoms with Crippen molar-refractivity contribution in [1.82, 2.24) is 9.47 Å². The summed E-state index contributed by atoms with van der Waals surface area (Å²) in [6, 6.07) is 6.92. The number of halogens is 4. The van der Waals surface area contributed by atoms with Gasteiger partial charge in [-0.2, -0.15) is 0 Å². The molecule has 0 spiro atoms. The van der Waals surface area contributed by atoms with Crippen LogP contribution in [0.1, 0.15) is 40.2 Å². The maximum absolute atomic E-state index is 14.7. The van der Waals surface area contributed by atoms with E-state index in [1.165, 1.54) is 19.2 Å².